The molecular weight excluding hydrogens is 468 g/mol. The second kappa shape index (κ2) is 10.7. The summed E-state index contributed by atoms with van der Waals surface area (Å²) in [6, 6.07) is 19.4. The Morgan fingerprint density at radius 1 is 0.865 bits per heavy atom. The highest BCUT2D eigenvalue weighted by Gasteiger charge is 2.23. The number of benzene rings is 3. The zero-order chi connectivity index (χ0) is 25.9. The number of piperazine rings is 1. The lowest BCUT2D eigenvalue weighted by atomic mass is 9.97. The number of phenols is 1. The molecule has 0 saturated carbocycles. The van der Waals surface area contributed by atoms with Crippen LogP contribution in [0.5, 0.6) is 17.2 Å². The molecule has 0 atom stereocenters. The topological polar surface area (TPSA) is 75.4 Å². The minimum atomic E-state index is -0.447. The van der Waals surface area contributed by atoms with Gasteiger partial charge in [0.1, 0.15) is 11.3 Å². The zero-order valence-electron chi connectivity index (χ0n) is 21.5. The van der Waals surface area contributed by atoms with E-state index in [0.717, 1.165) is 43.7 Å². The number of fused-ring (bicyclic) bond motifs is 1. The first-order valence-electron chi connectivity index (χ1n) is 12.5. The van der Waals surface area contributed by atoms with E-state index in [4.69, 9.17) is 13.9 Å². The number of ether oxygens (including phenoxy) is 2. The second-order valence-corrected chi connectivity index (χ2v) is 9.44. The maximum atomic E-state index is 13.2. The Hall–Kier alpha value is -3.81. The third-order valence-electron chi connectivity index (χ3n) is 7.18. The van der Waals surface area contributed by atoms with Crippen LogP contribution in [0.3, 0.4) is 0 Å². The molecule has 1 saturated heterocycles. The summed E-state index contributed by atoms with van der Waals surface area (Å²) in [6.45, 7) is 6.97. The summed E-state index contributed by atoms with van der Waals surface area (Å²) in [5, 5.41) is 11.6. The lowest BCUT2D eigenvalue weighted by Crippen LogP contribution is -2.45. The standard InChI is InChI=1S/C30H32N2O5/c1-20-23-10-11-25(33)24(19-32-15-13-31(14-16-32)18-21-7-5-4-6-8-21)29(23)37-30(34)28(20)22-9-12-26(35-2)27(17-22)36-3/h4-12,17,33H,13-16,18-19H2,1-3H3. The Bertz CT molecular complexity index is 1460. The van der Waals surface area contributed by atoms with E-state index in [1.807, 2.05) is 25.1 Å². The van der Waals surface area contributed by atoms with Gasteiger partial charge in [-0.15, -0.1) is 0 Å². The lowest BCUT2D eigenvalue weighted by Gasteiger charge is -2.34. The van der Waals surface area contributed by atoms with Crippen LogP contribution in [0.1, 0.15) is 16.7 Å². The summed E-state index contributed by atoms with van der Waals surface area (Å²) in [5.74, 6) is 1.27. The van der Waals surface area contributed by atoms with Gasteiger partial charge in [0.05, 0.1) is 25.3 Å². The van der Waals surface area contributed by atoms with E-state index in [-0.39, 0.29) is 5.75 Å². The Kier molecular flexibility index (Phi) is 7.17. The van der Waals surface area contributed by atoms with Crippen LogP contribution >= 0.6 is 0 Å². The number of hydrogen-bond donors (Lipinski definition) is 1. The molecule has 0 bridgehead atoms. The van der Waals surface area contributed by atoms with E-state index < -0.39 is 5.63 Å². The Balaban J connectivity index is 1.41. The van der Waals surface area contributed by atoms with Crippen molar-refractivity contribution in [3.8, 4) is 28.4 Å². The maximum absolute atomic E-state index is 13.2. The fraction of sp³-hybridized carbons (Fsp3) is 0.300. The number of hydrogen-bond acceptors (Lipinski definition) is 7. The molecule has 7 heteroatoms. The van der Waals surface area contributed by atoms with Gasteiger partial charge in [0.25, 0.3) is 0 Å². The minimum absolute atomic E-state index is 0.139. The van der Waals surface area contributed by atoms with Crippen molar-refractivity contribution in [2.75, 3.05) is 40.4 Å². The number of aryl methyl sites for hydroxylation is 1. The van der Waals surface area contributed by atoms with E-state index in [1.165, 1.54) is 5.56 Å². The van der Waals surface area contributed by atoms with Crippen molar-refractivity contribution in [1.82, 2.24) is 9.80 Å². The summed E-state index contributed by atoms with van der Waals surface area (Å²) in [6.07, 6.45) is 0. The van der Waals surface area contributed by atoms with Gasteiger partial charge >= 0.3 is 5.63 Å². The molecule has 1 N–H and O–H groups in total. The smallest absolute Gasteiger partial charge is 0.344 e. The Morgan fingerprint density at radius 2 is 1.54 bits per heavy atom. The fourth-order valence-corrected chi connectivity index (χ4v) is 5.11. The molecule has 5 rings (SSSR count). The quantitative estimate of drug-likeness (QED) is 0.365. The van der Waals surface area contributed by atoms with E-state index >= 15 is 0 Å². The average molecular weight is 501 g/mol. The largest absolute Gasteiger partial charge is 0.507 e. The average Bonchev–Trinajstić information content (AvgIpc) is 2.92. The third-order valence-corrected chi connectivity index (χ3v) is 7.18. The van der Waals surface area contributed by atoms with Crippen LogP contribution in [0.2, 0.25) is 0 Å². The predicted octanol–water partition coefficient (Wildman–Crippen LogP) is 4.81. The van der Waals surface area contributed by atoms with Gasteiger partial charge in [-0.25, -0.2) is 4.79 Å². The highest BCUT2D eigenvalue weighted by molar-refractivity contribution is 5.90. The first kappa shape index (κ1) is 24.9. The number of aromatic hydroxyl groups is 1. The molecule has 1 aliphatic rings. The van der Waals surface area contributed by atoms with Crippen LogP contribution in [-0.4, -0.2) is 55.3 Å². The maximum Gasteiger partial charge on any atom is 0.344 e. The van der Waals surface area contributed by atoms with Gasteiger partial charge in [-0.05, 0) is 47.9 Å². The zero-order valence-corrected chi connectivity index (χ0v) is 21.5. The van der Waals surface area contributed by atoms with Crippen LogP contribution in [0.15, 0.2) is 69.9 Å². The summed E-state index contributed by atoms with van der Waals surface area (Å²) in [4.78, 5) is 18.0. The molecule has 4 aromatic rings. The van der Waals surface area contributed by atoms with Crippen molar-refractivity contribution in [3.05, 3.63) is 87.8 Å². The summed E-state index contributed by atoms with van der Waals surface area (Å²) < 4.78 is 16.6. The SMILES string of the molecule is COc1ccc(-c2c(C)c3ccc(O)c(CN4CCN(Cc5ccccc5)CC4)c3oc2=O)cc1OC. The fourth-order valence-electron chi connectivity index (χ4n) is 5.11. The number of methoxy groups -OCH3 is 2. The summed E-state index contributed by atoms with van der Waals surface area (Å²) in [5.41, 5.74) is 3.91. The van der Waals surface area contributed by atoms with Crippen LogP contribution in [0, 0.1) is 6.92 Å². The monoisotopic (exact) mass is 500 g/mol. The van der Waals surface area contributed by atoms with Gasteiger partial charge < -0.3 is 19.0 Å². The van der Waals surface area contributed by atoms with Gasteiger partial charge in [0.15, 0.2) is 11.5 Å². The molecular formula is C30H32N2O5. The highest BCUT2D eigenvalue weighted by atomic mass is 16.5. The third kappa shape index (κ3) is 5.05. The summed E-state index contributed by atoms with van der Waals surface area (Å²) >= 11 is 0. The van der Waals surface area contributed by atoms with Crippen molar-refractivity contribution >= 4 is 11.0 Å². The van der Waals surface area contributed by atoms with Gasteiger partial charge in [0, 0.05) is 44.7 Å². The molecule has 1 aromatic heterocycles. The second-order valence-electron chi connectivity index (χ2n) is 9.44. The van der Waals surface area contributed by atoms with Crippen molar-refractivity contribution < 1.29 is 19.0 Å². The molecule has 192 valence electrons. The number of rotatable bonds is 7. The first-order chi connectivity index (χ1) is 18.0. The van der Waals surface area contributed by atoms with Crippen molar-refractivity contribution in [3.63, 3.8) is 0 Å². The van der Waals surface area contributed by atoms with Crippen LogP contribution < -0.4 is 15.1 Å². The molecule has 37 heavy (non-hydrogen) atoms. The van der Waals surface area contributed by atoms with Gasteiger partial charge in [-0.1, -0.05) is 36.4 Å². The van der Waals surface area contributed by atoms with Crippen molar-refractivity contribution in [2.24, 2.45) is 0 Å². The van der Waals surface area contributed by atoms with Gasteiger partial charge in [0.2, 0.25) is 0 Å². The Morgan fingerprint density at radius 3 is 2.22 bits per heavy atom. The molecule has 1 aliphatic heterocycles. The molecule has 2 heterocycles. The van der Waals surface area contributed by atoms with Crippen LogP contribution in [0.4, 0.5) is 0 Å². The van der Waals surface area contributed by atoms with Crippen LogP contribution in [0.25, 0.3) is 22.1 Å². The summed E-state index contributed by atoms with van der Waals surface area (Å²) in [7, 11) is 3.14. The van der Waals surface area contributed by atoms with Crippen molar-refractivity contribution in [2.45, 2.75) is 20.0 Å². The molecule has 3 aromatic carbocycles. The molecule has 0 amide bonds. The minimum Gasteiger partial charge on any atom is -0.507 e. The first-order valence-corrected chi connectivity index (χ1v) is 12.5. The van der Waals surface area contributed by atoms with Gasteiger partial charge in [-0.3, -0.25) is 9.80 Å². The molecule has 0 aliphatic carbocycles. The lowest BCUT2D eigenvalue weighted by molar-refractivity contribution is 0.121. The molecule has 0 radical (unpaired) electrons. The molecule has 1 fully saturated rings. The number of phenolic OH excluding ortho intramolecular Hbond substituents is 1. The van der Waals surface area contributed by atoms with E-state index in [0.29, 0.717) is 40.3 Å². The van der Waals surface area contributed by atoms with E-state index in [1.54, 1.807) is 32.4 Å². The van der Waals surface area contributed by atoms with Crippen molar-refractivity contribution in [1.29, 1.82) is 0 Å². The van der Waals surface area contributed by atoms with E-state index in [9.17, 15) is 9.90 Å². The molecule has 0 spiro atoms. The normalized spacial score (nSPS) is 14.7. The van der Waals surface area contributed by atoms with Crippen LogP contribution in [-0.2, 0) is 13.1 Å². The van der Waals surface area contributed by atoms with Gasteiger partial charge in [-0.2, -0.15) is 0 Å². The van der Waals surface area contributed by atoms with E-state index in [2.05, 4.69) is 34.1 Å². The Labute approximate surface area is 216 Å². The highest BCUT2D eigenvalue weighted by Crippen LogP contribution is 2.36. The molecule has 7 nitrogen and oxygen atoms in total. The number of nitrogens with zero attached hydrogens (tertiary/aromatic N) is 2. The molecule has 0 unspecified atom stereocenters. The predicted molar refractivity (Wildman–Crippen MR) is 144 cm³/mol.